The summed E-state index contributed by atoms with van der Waals surface area (Å²) in [6.45, 7) is 4.67. The number of methoxy groups -OCH3 is 1. The number of rotatable bonds is 4. The first kappa shape index (κ1) is 13.4. The molecule has 1 aliphatic heterocycles. The quantitative estimate of drug-likeness (QED) is 0.863. The largest absolute Gasteiger partial charge is 0.377 e. The zero-order valence-electron chi connectivity index (χ0n) is 11.2. The SMILES string of the molecule is COC1(C)CCCN(C(CN)c2ccncn2)C1. The Kier molecular flexibility index (Phi) is 4.27. The van der Waals surface area contributed by atoms with Gasteiger partial charge in [-0.15, -0.1) is 0 Å². The van der Waals surface area contributed by atoms with Gasteiger partial charge in [0, 0.05) is 26.4 Å². The Morgan fingerprint density at radius 1 is 1.61 bits per heavy atom. The smallest absolute Gasteiger partial charge is 0.115 e. The maximum atomic E-state index is 5.92. The van der Waals surface area contributed by atoms with Gasteiger partial charge in [0.2, 0.25) is 0 Å². The molecule has 1 saturated heterocycles. The average Bonchev–Trinajstić information content (AvgIpc) is 2.41. The number of likely N-dealkylation sites (tertiary alicyclic amines) is 1. The summed E-state index contributed by atoms with van der Waals surface area (Å²) < 4.78 is 5.62. The molecule has 0 amide bonds. The van der Waals surface area contributed by atoms with Crippen molar-refractivity contribution in [1.29, 1.82) is 0 Å². The van der Waals surface area contributed by atoms with E-state index >= 15 is 0 Å². The van der Waals surface area contributed by atoms with Crippen LogP contribution in [0.3, 0.4) is 0 Å². The van der Waals surface area contributed by atoms with Crippen LogP contribution in [0.1, 0.15) is 31.5 Å². The van der Waals surface area contributed by atoms with Gasteiger partial charge in [0.25, 0.3) is 0 Å². The number of hydrogen-bond donors (Lipinski definition) is 1. The molecule has 5 nitrogen and oxygen atoms in total. The molecule has 0 radical (unpaired) electrons. The van der Waals surface area contributed by atoms with Gasteiger partial charge in [-0.3, -0.25) is 4.90 Å². The summed E-state index contributed by atoms with van der Waals surface area (Å²) in [5.74, 6) is 0. The summed E-state index contributed by atoms with van der Waals surface area (Å²) in [5, 5.41) is 0. The maximum Gasteiger partial charge on any atom is 0.115 e. The Balaban J connectivity index is 2.13. The third-order valence-corrected chi connectivity index (χ3v) is 3.79. The molecule has 0 spiro atoms. The molecule has 0 saturated carbocycles. The Morgan fingerprint density at radius 3 is 3.06 bits per heavy atom. The average molecular weight is 250 g/mol. The van der Waals surface area contributed by atoms with Crippen molar-refractivity contribution in [2.75, 3.05) is 26.7 Å². The molecular formula is C13H22N4O. The van der Waals surface area contributed by atoms with Crippen LogP contribution < -0.4 is 5.73 Å². The van der Waals surface area contributed by atoms with Gasteiger partial charge in [-0.05, 0) is 32.4 Å². The predicted molar refractivity (Wildman–Crippen MR) is 70.0 cm³/mol. The molecule has 2 atom stereocenters. The highest BCUT2D eigenvalue weighted by molar-refractivity contribution is 5.07. The topological polar surface area (TPSA) is 64.3 Å². The van der Waals surface area contributed by atoms with E-state index in [1.54, 1.807) is 19.6 Å². The number of hydrogen-bond acceptors (Lipinski definition) is 5. The Bertz CT molecular complexity index is 373. The molecule has 2 N–H and O–H groups in total. The molecule has 5 heteroatoms. The first-order valence-electron chi connectivity index (χ1n) is 6.44. The van der Waals surface area contributed by atoms with E-state index in [-0.39, 0.29) is 11.6 Å². The number of nitrogens with two attached hydrogens (primary N) is 1. The second-order valence-electron chi connectivity index (χ2n) is 5.11. The zero-order valence-corrected chi connectivity index (χ0v) is 11.2. The van der Waals surface area contributed by atoms with Crippen LogP contribution in [0.25, 0.3) is 0 Å². The minimum atomic E-state index is -0.0707. The lowest BCUT2D eigenvalue weighted by atomic mass is 9.93. The standard InChI is InChI=1S/C13H22N4O/c1-13(18-2)5-3-7-17(9-13)12(8-14)11-4-6-15-10-16-11/h4,6,10,12H,3,5,7-9,14H2,1-2H3. The van der Waals surface area contributed by atoms with Crippen LogP contribution in [0.2, 0.25) is 0 Å². The minimum Gasteiger partial charge on any atom is -0.377 e. The van der Waals surface area contributed by atoms with E-state index in [2.05, 4.69) is 21.8 Å². The van der Waals surface area contributed by atoms with E-state index in [9.17, 15) is 0 Å². The maximum absolute atomic E-state index is 5.92. The van der Waals surface area contributed by atoms with Crippen LogP contribution in [-0.4, -0.2) is 47.2 Å². The molecule has 0 bridgehead atoms. The van der Waals surface area contributed by atoms with E-state index in [1.807, 2.05) is 6.07 Å². The number of piperidine rings is 1. The third-order valence-electron chi connectivity index (χ3n) is 3.79. The fraction of sp³-hybridized carbons (Fsp3) is 0.692. The first-order valence-corrected chi connectivity index (χ1v) is 6.44. The minimum absolute atomic E-state index is 0.0707. The Labute approximate surface area is 108 Å². The second kappa shape index (κ2) is 5.73. The van der Waals surface area contributed by atoms with Crippen LogP contribution in [0.15, 0.2) is 18.6 Å². The van der Waals surface area contributed by atoms with Crippen molar-refractivity contribution in [3.8, 4) is 0 Å². The van der Waals surface area contributed by atoms with Gasteiger partial charge in [-0.25, -0.2) is 9.97 Å². The Hall–Kier alpha value is -1.04. The Morgan fingerprint density at radius 2 is 2.44 bits per heavy atom. The molecule has 0 aromatic carbocycles. The molecule has 1 aliphatic rings. The van der Waals surface area contributed by atoms with E-state index < -0.39 is 0 Å². The molecule has 2 heterocycles. The second-order valence-corrected chi connectivity index (χ2v) is 5.11. The highest BCUT2D eigenvalue weighted by Gasteiger charge is 2.34. The van der Waals surface area contributed by atoms with Gasteiger partial charge in [-0.2, -0.15) is 0 Å². The number of nitrogens with zero attached hydrogens (tertiary/aromatic N) is 3. The third kappa shape index (κ3) is 2.85. The molecule has 0 aliphatic carbocycles. The van der Waals surface area contributed by atoms with Crippen molar-refractivity contribution >= 4 is 0 Å². The fourth-order valence-electron chi connectivity index (χ4n) is 2.63. The first-order chi connectivity index (χ1) is 8.68. The van der Waals surface area contributed by atoms with Crippen LogP contribution in [0, 0.1) is 0 Å². The van der Waals surface area contributed by atoms with Crippen molar-refractivity contribution in [2.45, 2.75) is 31.4 Å². The van der Waals surface area contributed by atoms with Crippen LogP contribution in [0.4, 0.5) is 0 Å². The van der Waals surface area contributed by atoms with Gasteiger partial charge in [0.15, 0.2) is 0 Å². The predicted octanol–water partition coefficient (Wildman–Crippen LogP) is 0.977. The lowest BCUT2D eigenvalue weighted by Gasteiger charge is -2.42. The molecule has 2 unspecified atom stereocenters. The zero-order chi connectivity index (χ0) is 13.0. The van der Waals surface area contributed by atoms with Gasteiger partial charge in [0.1, 0.15) is 6.33 Å². The summed E-state index contributed by atoms with van der Waals surface area (Å²) in [5.41, 5.74) is 6.85. The number of ether oxygens (including phenoxy) is 1. The monoisotopic (exact) mass is 250 g/mol. The van der Waals surface area contributed by atoms with Crippen molar-refractivity contribution in [3.63, 3.8) is 0 Å². The molecule has 18 heavy (non-hydrogen) atoms. The van der Waals surface area contributed by atoms with E-state index in [0.29, 0.717) is 6.54 Å². The molecular weight excluding hydrogens is 228 g/mol. The van der Waals surface area contributed by atoms with Gasteiger partial charge in [-0.1, -0.05) is 0 Å². The highest BCUT2D eigenvalue weighted by atomic mass is 16.5. The van der Waals surface area contributed by atoms with Crippen molar-refractivity contribution in [3.05, 3.63) is 24.3 Å². The van der Waals surface area contributed by atoms with Crippen molar-refractivity contribution in [2.24, 2.45) is 5.73 Å². The van der Waals surface area contributed by atoms with Crippen molar-refractivity contribution in [1.82, 2.24) is 14.9 Å². The lowest BCUT2D eigenvalue weighted by Crippen LogP contribution is -2.50. The summed E-state index contributed by atoms with van der Waals surface area (Å²) in [6, 6.07) is 2.10. The van der Waals surface area contributed by atoms with Gasteiger partial charge >= 0.3 is 0 Å². The summed E-state index contributed by atoms with van der Waals surface area (Å²) in [7, 11) is 1.78. The lowest BCUT2D eigenvalue weighted by molar-refractivity contribution is -0.0612. The number of aromatic nitrogens is 2. The van der Waals surface area contributed by atoms with Gasteiger partial charge < -0.3 is 10.5 Å². The summed E-state index contributed by atoms with van der Waals surface area (Å²) in [6.07, 6.45) is 5.58. The van der Waals surface area contributed by atoms with Crippen molar-refractivity contribution < 1.29 is 4.74 Å². The van der Waals surface area contributed by atoms with E-state index in [0.717, 1.165) is 31.6 Å². The van der Waals surface area contributed by atoms with E-state index in [1.165, 1.54) is 0 Å². The fourth-order valence-corrected chi connectivity index (χ4v) is 2.63. The summed E-state index contributed by atoms with van der Waals surface area (Å²) in [4.78, 5) is 10.7. The molecule has 1 fully saturated rings. The van der Waals surface area contributed by atoms with Crippen LogP contribution >= 0.6 is 0 Å². The van der Waals surface area contributed by atoms with E-state index in [4.69, 9.17) is 10.5 Å². The van der Waals surface area contributed by atoms with Crippen LogP contribution in [0.5, 0.6) is 0 Å². The normalized spacial score (nSPS) is 27.1. The molecule has 1 aromatic rings. The molecule has 2 rings (SSSR count). The highest BCUT2D eigenvalue weighted by Crippen LogP contribution is 2.29. The molecule has 100 valence electrons. The van der Waals surface area contributed by atoms with Gasteiger partial charge in [0.05, 0.1) is 17.3 Å². The summed E-state index contributed by atoms with van der Waals surface area (Å²) >= 11 is 0. The van der Waals surface area contributed by atoms with Crippen LogP contribution in [-0.2, 0) is 4.74 Å². The molecule has 1 aromatic heterocycles.